The van der Waals surface area contributed by atoms with Gasteiger partial charge in [0.25, 0.3) is 0 Å². The van der Waals surface area contributed by atoms with Gasteiger partial charge in [0.2, 0.25) is 5.91 Å². The zero-order valence-electron chi connectivity index (χ0n) is 10.9. The zero-order chi connectivity index (χ0) is 13.7. The normalized spacial score (nSPS) is 18.3. The van der Waals surface area contributed by atoms with Crippen molar-refractivity contribution in [3.63, 3.8) is 0 Å². The van der Waals surface area contributed by atoms with E-state index in [2.05, 4.69) is 10.3 Å². The molecule has 0 bridgehead atoms. The highest BCUT2D eigenvalue weighted by Gasteiger charge is 2.21. The minimum atomic E-state index is -0.448. The van der Waals surface area contributed by atoms with Gasteiger partial charge in [-0.3, -0.25) is 4.79 Å². The fourth-order valence-corrected chi connectivity index (χ4v) is 2.05. The molecule has 1 aliphatic heterocycles. The van der Waals surface area contributed by atoms with Crippen LogP contribution in [0.4, 0.5) is 5.82 Å². The Hall–Kier alpha value is -1.82. The average molecular weight is 266 g/mol. The van der Waals surface area contributed by atoms with Crippen LogP contribution in [0.3, 0.4) is 0 Å². The quantitative estimate of drug-likeness (QED) is 0.795. The van der Waals surface area contributed by atoms with Gasteiger partial charge in [-0.2, -0.15) is 0 Å². The third-order valence-corrected chi connectivity index (χ3v) is 2.94. The minimum absolute atomic E-state index is 0.0130. The summed E-state index contributed by atoms with van der Waals surface area (Å²) in [5, 5.41) is 2.68. The van der Waals surface area contributed by atoms with E-state index in [4.69, 9.17) is 9.47 Å². The molecule has 1 saturated heterocycles. The number of amides is 1. The maximum absolute atomic E-state index is 11.8. The molecule has 0 aromatic carbocycles. The highest BCUT2D eigenvalue weighted by atomic mass is 16.5. The summed E-state index contributed by atoms with van der Waals surface area (Å²) in [4.78, 5) is 26.3. The van der Waals surface area contributed by atoms with E-state index in [0.717, 1.165) is 12.8 Å². The Morgan fingerprint density at radius 1 is 1.58 bits per heavy atom. The standard InChI is InChI=1S/C13H18N2O4/c1-2-18-13(17)10-5-6-14-12(10)15-11(16)8-9-4-3-7-19-9/h5-6,9,14H,2-4,7-8H2,1H3,(H,15,16). The average Bonchev–Trinajstić information content (AvgIpc) is 3.00. The van der Waals surface area contributed by atoms with Crippen LogP contribution in [0.1, 0.15) is 36.5 Å². The first-order valence-corrected chi connectivity index (χ1v) is 6.46. The van der Waals surface area contributed by atoms with Gasteiger partial charge in [-0.25, -0.2) is 4.79 Å². The molecule has 1 amide bonds. The summed E-state index contributed by atoms with van der Waals surface area (Å²) in [7, 11) is 0. The van der Waals surface area contributed by atoms with E-state index >= 15 is 0 Å². The first-order valence-electron chi connectivity index (χ1n) is 6.46. The van der Waals surface area contributed by atoms with Gasteiger partial charge in [0, 0.05) is 12.8 Å². The van der Waals surface area contributed by atoms with E-state index in [0.29, 0.717) is 31.0 Å². The number of esters is 1. The Morgan fingerprint density at radius 2 is 2.42 bits per heavy atom. The fraction of sp³-hybridized carbons (Fsp3) is 0.538. The van der Waals surface area contributed by atoms with Crippen molar-refractivity contribution < 1.29 is 19.1 Å². The Bertz CT molecular complexity index is 449. The van der Waals surface area contributed by atoms with E-state index in [9.17, 15) is 9.59 Å². The molecule has 0 aliphatic carbocycles. The van der Waals surface area contributed by atoms with E-state index in [-0.39, 0.29) is 12.0 Å². The van der Waals surface area contributed by atoms with Crippen LogP contribution in [-0.4, -0.2) is 36.2 Å². The van der Waals surface area contributed by atoms with E-state index < -0.39 is 5.97 Å². The summed E-state index contributed by atoms with van der Waals surface area (Å²) in [6, 6.07) is 1.58. The number of carbonyl (C=O) groups excluding carboxylic acids is 2. The molecule has 2 N–H and O–H groups in total. The van der Waals surface area contributed by atoms with Gasteiger partial charge in [-0.1, -0.05) is 0 Å². The van der Waals surface area contributed by atoms with Crippen molar-refractivity contribution >= 4 is 17.7 Å². The molecular weight excluding hydrogens is 248 g/mol. The second-order valence-corrected chi connectivity index (χ2v) is 4.37. The summed E-state index contributed by atoms with van der Waals surface area (Å²) in [6.45, 7) is 2.75. The highest BCUT2D eigenvalue weighted by Crippen LogP contribution is 2.18. The molecule has 0 radical (unpaired) electrons. The lowest BCUT2D eigenvalue weighted by Crippen LogP contribution is -2.20. The smallest absolute Gasteiger partial charge is 0.341 e. The molecule has 1 aliphatic rings. The topological polar surface area (TPSA) is 80.4 Å². The van der Waals surface area contributed by atoms with Crippen molar-refractivity contribution in [3.05, 3.63) is 17.8 Å². The molecule has 1 fully saturated rings. The highest BCUT2D eigenvalue weighted by molar-refractivity contribution is 6.00. The Labute approximate surface area is 111 Å². The third kappa shape index (κ3) is 3.57. The maximum Gasteiger partial charge on any atom is 0.341 e. The molecule has 1 aromatic heterocycles. The number of rotatable bonds is 5. The second-order valence-electron chi connectivity index (χ2n) is 4.37. The lowest BCUT2D eigenvalue weighted by molar-refractivity contribution is -0.118. The molecule has 0 spiro atoms. The Kier molecular flexibility index (Phi) is 4.57. The van der Waals surface area contributed by atoms with Crippen molar-refractivity contribution in [2.45, 2.75) is 32.3 Å². The molecule has 104 valence electrons. The van der Waals surface area contributed by atoms with Gasteiger partial charge >= 0.3 is 5.97 Å². The number of hydrogen-bond acceptors (Lipinski definition) is 4. The van der Waals surface area contributed by atoms with Crippen LogP contribution >= 0.6 is 0 Å². The van der Waals surface area contributed by atoms with Gasteiger partial charge in [-0.15, -0.1) is 0 Å². The molecule has 1 aromatic rings. The van der Waals surface area contributed by atoms with E-state index in [1.54, 1.807) is 19.2 Å². The zero-order valence-corrected chi connectivity index (χ0v) is 10.9. The van der Waals surface area contributed by atoms with Crippen molar-refractivity contribution in [2.24, 2.45) is 0 Å². The fourth-order valence-electron chi connectivity index (χ4n) is 2.05. The number of H-pyrrole nitrogens is 1. The van der Waals surface area contributed by atoms with Crippen LogP contribution < -0.4 is 5.32 Å². The number of carbonyl (C=O) groups is 2. The number of ether oxygens (including phenoxy) is 2. The molecule has 6 heteroatoms. The molecule has 19 heavy (non-hydrogen) atoms. The summed E-state index contributed by atoms with van der Waals surface area (Å²) < 4.78 is 10.3. The van der Waals surface area contributed by atoms with Crippen LogP contribution in [0.15, 0.2) is 12.3 Å². The van der Waals surface area contributed by atoms with Crippen LogP contribution in [0, 0.1) is 0 Å². The predicted octanol–water partition coefficient (Wildman–Crippen LogP) is 1.70. The second kappa shape index (κ2) is 6.38. The largest absolute Gasteiger partial charge is 0.462 e. The number of hydrogen-bond donors (Lipinski definition) is 2. The van der Waals surface area contributed by atoms with Crippen LogP contribution in [0.25, 0.3) is 0 Å². The van der Waals surface area contributed by atoms with Gasteiger partial charge in [0.05, 0.1) is 19.1 Å². The van der Waals surface area contributed by atoms with Crippen LogP contribution in [0.5, 0.6) is 0 Å². The van der Waals surface area contributed by atoms with Crippen molar-refractivity contribution in [1.82, 2.24) is 4.98 Å². The Balaban J connectivity index is 1.93. The molecule has 2 rings (SSSR count). The lowest BCUT2D eigenvalue weighted by atomic mass is 10.2. The number of aromatic amines is 1. The molecular formula is C13H18N2O4. The van der Waals surface area contributed by atoms with Crippen LogP contribution in [-0.2, 0) is 14.3 Å². The predicted molar refractivity (Wildman–Crippen MR) is 69.0 cm³/mol. The third-order valence-electron chi connectivity index (χ3n) is 2.94. The van der Waals surface area contributed by atoms with Crippen molar-refractivity contribution in [2.75, 3.05) is 18.5 Å². The van der Waals surface area contributed by atoms with E-state index in [1.165, 1.54) is 0 Å². The summed E-state index contributed by atoms with van der Waals surface area (Å²) in [5.74, 6) is -0.238. The molecule has 0 saturated carbocycles. The number of aromatic nitrogens is 1. The summed E-state index contributed by atoms with van der Waals surface area (Å²) in [5.41, 5.74) is 0.336. The summed E-state index contributed by atoms with van der Waals surface area (Å²) >= 11 is 0. The van der Waals surface area contributed by atoms with Gasteiger partial charge in [0.15, 0.2) is 0 Å². The molecule has 1 atom stereocenters. The van der Waals surface area contributed by atoms with Crippen molar-refractivity contribution in [3.8, 4) is 0 Å². The van der Waals surface area contributed by atoms with Gasteiger partial charge in [-0.05, 0) is 25.8 Å². The summed E-state index contributed by atoms with van der Waals surface area (Å²) in [6.07, 6.45) is 3.79. The van der Waals surface area contributed by atoms with Gasteiger partial charge in [0.1, 0.15) is 11.4 Å². The molecule has 2 heterocycles. The first kappa shape index (κ1) is 13.6. The van der Waals surface area contributed by atoms with Gasteiger partial charge < -0.3 is 19.8 Å². The number of anilines is 1. The Morgan fingerprint density at radius 3 is 3.11 bits per heavy atom. The van der Waals surface area contributed by atoms with E-state index in [1.807, 2.05) is 0 Å². The number of nitrogens with one attached hydrogen (secondary N) is 2. The lowest BCUT2D eigenvalue weighted by Gasteiger charge is -2.10. The molecule has 6 nitrogen and oxygen atoms in total. The SMILES string of the molecule is CCOC(=O)c1cc[nH]c1NC(=O)CC1CCCO1. The van der Waals surface area contributed by atoms with Crippen molar-refractivity contribution in [1.29, 1.82) is 0 Å². The first-order chi connectivity index (χ1) is 9.20. The monoisotopic (exact) mass is 266 g/mol. The minimum Gasteiger partial charge on any atom is -0.462 e. The van der Waals surface area contributed by atoms with Crippen LogP contribution in [0.2, 0.25) is 0 Å². The molecule has 1 unspecified atom stereocenters. The maximum atomic E-state index is 11.8.